The Labute approximate surface area is 208 Å². The molecule has 1 atom stereocenters. The molecule has 0 unspecified atom stereocenters. The van der Waals surface area contributed by atoms with Crippen LogP contribution in [0.3, 0.4) is 0 Å². The zero-order valence-electron chi connectivity index (χ0n) is 20.4. The van der Waals surface area contributed by atoms with Crippen molar-refractivity contribution >= 4 is 17.5 Å². The lowest BCUT2D eigenvalue weighted by Crippen LogP contribution is -2.35. The second-order valence-corrected chi connectivity index (χ2v) is 9.07. The molecule has 4 heterocycles. The van der Waals surface area contributed by atoms with Crippen molar-refractivity contribution in [2.24, 2.45) is 0 Å². The van der Waals surface area contributed by atoms with Gasteiger partial charge in [-0.05, 0) is 37.3 Å². The molecule has 0 radical (unpaired) electrons. The fourth-order valence-electron chi connectivity index (χ4n) is 4.98. The Morgan fingerprint density at radius 2 is 2.19 bits per heavy atom. The number of halogens is 1. The van der Waals surface area contributed by atoms with Crippen LogP contribution in [0.25, 0.3) is 5.65 Å². The maximum atomic E-state index is 14.5. The van der Waals surface area contributed by atoms with Gasteiger partial charge in [-0.2, -0.15) is 0 Å². The quantitative estimate of drug-likeness (QED) is 0.449. The molecule has 1 amide bonds. The fourth-order valence-corrected chi connectivity index (χ4v) is 4.98. The molecular formula is C25H31FN6O4. The molecule has 0 saturated carbocycles. The first-order chi connectivity index (χ1) is 17.7. The average molecular weight is 499 g/mol. The minimum atomic E-state index is -0.259. The minimum Gasteiger partial charge on any atom is -0.493 e. The van der Waals surface area contributed by atoms with Crippen molar-refractivity contribution in [3.05, 3.63) is 47.2 Å². The fraction of sp³-hybridized carbons (Fsp3) is 0.520. The largest absolute Gasteiger partial charge is 0.493 e. The van der Waals surface area contributed by atoms with Gasteiger partial charge in [0.15, 0.2) is 5.65 Å². The number of fused-ring (bicyclic) bond motifs is 2. The highest BCUT2D eigenvalue weighted by Crippen LogP contribution is 2.32. The smallest absolute Gasteiger partial charge is 0.248 e. The number of carbonyl (C=O) groups is 1. The third kappa shape index (κ3) is 5.12. The summed E-state index contributed by atoms with van der Waals surface area (Å²) in [6.07, 6.45) is 6.76. The number of nitrogens with one attached hydrogen (secondary N) is 1. The van der Waals surface area contributed by atoms with Crippen LogP contribution in [0.15, 0.2) is 24.7 Å². The number of hydrogen-bond donors (Lipinski definition) is 1. The zero-order chi connectivity index (χ0) is 24.9. The van der Waals surface area contributed by atoms with Crippen molar-refractivity contribution in [2.45, 2.75) is 38.1 Å². The van der Waals surface area contributed by atoms with Gasteiger partial charge in [-0.3, -0.25) is 9.20 Å². The third-order valence-corrected chi connectivity index (χ3v) is 6.90. The Hall–Kier alpha value is -3.31. The van der Waals surface area contributed by atoms with E-state index in [1.807, 2.05) is 15.5 Å². The van der Waals surface area contributed by atoms with E-state index < -0.39 is 0 Å². The van der Waals surface area contributed by atoms with Crippen molar-refractivity contribution in [1.82, 2.24) is 24.5 Å². The van der Waals surface area contributed by atoms with E-state index >= 15 is 0 Å². The van der Waals surface area contributed by atoms with Crippen LogP contribution in [0.1, 0.15) is 41.9 Å². The van der Waals surface area contributed by atoms with Crippen molar-refractivity contribution in [3.63, 3.8) is 0 Å². The number of hydrogen-bond acceptors (Lipinski definition) is 8. The van der Waals surface area contributed by atoms with Crippen LogP contribution in [0.4, 0.5) is 10.3 Å². The van der Waals surface area contributed by atoms with E-state index in [1.54, 1.807) is 19.5 Å². The summed E-state index contributed by atoms with van der Waals surface area (Å²) in [7, 11) is 1.60. The summed E-state index contributed by atoms with van der Waals surface area (Å²) in [5.41, 5.74) is 3.23. The van der Waals surface area contributed by atoms with E-state index in [2.05, 4.69) is 20.5 Å². The number of ether oxygens (including phenoxy) is 3. The van der Waals surface area contributed by atoms with Crippen LogP contribution < -0.4 is 10.1 Å². The van der Waals surface area contributed by atoms with Gasteiger partial charge in [-0.1, -0.05) is 0 Å². The zero-order valence-corrected chi connectivity index (χ0v) is 20.4. The van der Waals surface area contributed by atoms with Crippen LogP contribution in [0.2, 0.25) is 0 Å². The molecule has 3 aromatic rings. The molecule has 10 nitrogen and oxygen atoms in total. The van der Waals surface area contributed by atoms with E-state index in [1.165, 1.54) is 6.07 Å². The molecule has 36 heavy (non-hydrogen) atoms. The monoisotopic (exact) mass is 498 g/mol. The molecule has 1 saturated heterocycles. The standard InChI is InChI=1S/C25H31FN6O4/c1-34-11-12-35-15-23(33)31-8-2-3-17(6-9-31)19-13-27-25(32-16-29-30-24(19)32)28-14-20-18-7-10-36-22(18)5-4-21(20)26/h4-5,13,16-17H,2-3,6-12,14-15H2,1H3,(H,27,28)/t17-/m1/s1. The second-order valence-electron chi connectivity index (χ2n) is 9.07. The van der Waals surface area contributed by atoms with Gasteiger partial charge in [0.1, 0.15) is 24.5 Å². The molecule has 2 aromatic heterocycles. The number of likely N-dealkylation sites (tertiary alicyclic amines) is 1. The summed E-state index contributed by atoms with van der Waals surface area (Å²) >= 11 is 0. The molecule has 0 bridgehead atoms. The summed E-state index contributed by atoms with van der Waals surface area (Å²) in [5, 5.41) is 11.7. The number of carbonyl (C=O) groups excluding carboxylic acids is 1. The van der Waals surface area contributed by atoms with Crippen LogP contribution in [-0.2, 0) is 27.2 Å². The lowest BCUT2D eigenvalue weighted by molar-refractivity contribution is -0.136. The van der Waals surface area contributed by atoms with Gasteiger partial charge in [0.25, 0.3) is 0 Å². The summed E-state index contributed by atoms with van der Waals surface area (Å²) < 4.78 is 32.3. The van der Waals surface area contributed by atoms with E-state index in [-0.39, 0.29) is 30.8 Å². The number of anilines is 1. The van der Waals surface area contributed by atoms with Gasteiger partial charge in [0.2, 0.25) is 11.9 Å². The van der Waals surface area contributed by atoms with Crippen molar-refractivity contribution < 1.29 is 23.4 Å². The molecule has 5 rings (SSSR count). The van der Waals surface area contributed by atoms with E-state index in [0.29, 0.717) is 50.8 Å². The van der Waals surface area contributed by atoms with Crippen LogP contribution in [0.5, 0.6) is 5.75 Å². The maximum absolute atomic E-state index is 14.5. The van der Waals surface area contributed by atoms with E-state index in [9.17, 15) is 9.18 Å². The minimum absolute atomic E-state index is 0.00193. The number of benzene rings is 1. The molecule has 1 fully saturated rings. The second kappa shape index (κ2) is 11.2. The summed E-state index contributed by atoms with van der Waals surface area (Å²) in [6, 6.07) is 3.12. The topological polar surface area (TPSA) is 103 Å². The predicted octanol–water partition coefficient (Wildman–Crippen LogP) is 2.57. The number of nitrogens with zero attached hydrogens (tertiary/aromatic N) is 5. The van der Waals surface area contributed by atoms with Gasteiger partial charge < -0.3 is 24.4 Å². The molecule has 1 N–H and O–H groups in total. The van der Waals surface area contributed by atoms with Crippen molar-refractivity contribution in [3.8, 4) is 5.75 Å². The predicted molar refractivity (Wildman–Crippen MR) is 130 cm³/mol. The highest BCUT2D eigenvalue weighted by molar-refractivity contribution is 5.77. The molecule has 2 aliphatic rings. The number of aromatic nitrogens is 4. The Morgan fingerprint density at radius 3 is 3.08 bits per heavy atom. The molecule has 192 valence electrons. The molecule has 11 heteroatoms. The van der Waals surface area contributed by atoms with Crippen LogP contribution in [-0.4, -0.2) is 77.0 Å². The van der Waals surface area contributed by atoms with E-state index in [4.69, 9.17) is 14.2 Å². The molecular weight excluding hydrogens is 467 g/mol. The lowest BCUT2D eigenvalue weighted by atomic mass is 9.94. The first-order valence-corrected chi connectivity index (χ1v) is 12.4. The summed E-state index contributed by atoms with van der Waals surface area (Å²) in [4.78, 5) is 19.0. The van der Waals surface area contributed by atoms with Gasteiger partial charge in [-0.15, -0.1) is 10.2 Å². The van der Waals surface area contributed by atoms with Crippen LogP contribution in [0, 0.1) is 5.82 Å². The highest BCUT2D eigenvalue weighted by atomic mass is 19.1. The Bertz CT molecular complexity index is 1220. The van der Waals surface area contributed by atoms with Gasteiger partial charge in [-0.25, -0.2) is 9.37 Å². The first kappa shape index (κ1) is 24.4. The molecule has 2 aliphatic heterocycles. The Kier molecular flexibility index (Phi) is 7.57. The van der Waals surface area contributed by atoms with Crippen LogP contribution >= 0.6 is 0 Å². The van der Waals surface area contributed by atoms with E-state index in [0.717, 1.165) is 41.8 Å². The van der Waals surface area contributed by atoms with Gasteiger partial charge in [0.05, 0.1) is 19.8 Å². The number of rotatable bonds is 9. The Balaban J connectivity index is 1.26. The number of amides is 1. The van der Waals surface area contributed by atoms with Crippen molar-refractivity contribution in [2.75, 3.05) is 51.9 Å². The number of methoxy groups -OCH3 is 1. The highest BCUT2D eigenvalue weighted by Gasteiger charge is 2.25. The summed E-state index contributed by atoms with van der Waals surface area (Å²) in [6.45, 7) is 3.15. The third-order valence-electron chi connectivity index (χ3n) is 6.90. The lowest BCUT2D eigenvalue weighted by Gasteiger charge is -2.21. The molecule has 0 aliphatic carbocycles. The SMILES string of the molecule is COCCOCC(=O)N1CCC[C@@H](c2cnc(NCc3c(F)ccc4c3CCO4)n3cnnc23)CC1. The molecule has 1 aromatic carbocycles. The Morgan fingerprint density at radius 1 is 1.28 bits per heavy atom. The molecule has 0 spiro atoms. The van der Waals surface area contributed by atoms with Gasteiger partial charge >= 0.3 is 0 Å². The van der Waals surface area contributed by atoms with Gasteiger partial charge in [0, 0.05) is 56.1 Å². The summed E-state index contributed by atoms with van der Waals surface area (Å²) in [5.74, 6) is 1.24. The average Bonchev–Trinajstić information content (AvgIpc) is 3.51. The maximum Gasteiger partial charge on any atom is 0.248 e. The first-order valence-electron chi connectivity index (χ1n) is 12.4. The van der Waals surface area contributed by atoms with Crippen molar-refractivity contribution in [1.29, 1.82) is 0 Å². The normalized spacial score (nSPS) is 17.6.